The van der Waals surface area contributed by atoms with Crippen LogP contribution in [0.4, 0.5) is 0 Å². The SMILES string of the molecule is CCN(CCC(=O)OC)C(=O)/C=C/c1ccc(OCc2ccccc2)cc1. The van der Waals surface area contributed by atoms with E-state index in [4.69, 9.17) is 4.74 Å². The van der Waals surface area contributed by atoms with Crippen molar-refractivity contribution in [3.05, 3.63) is 71.8 Å². The van der Waals surface area contributed by atoms with Crippen molar-refractivity contribution in [1.29, 1.82) is 0 Å². The number of hydrogen-bond acceptors (Lipinski definition) is 4. The van der Waals surface area contributed by atoms with Crippen molar-refractivity contribution in [2.75, 3.05) is 20.2 Å². The molecule has 0 saturated carbocycles. The second kappa shape index (κ2) is 10.8. The van der Waals surface area contributed by atoms with Gasteiger partial charge in [-0.3, -0.25) is 9.59 Å². The molecule has 0 aliphatic carbocycles. The molecule has 1 amide bonds. The molecule has 0 bridgehead atoms. The lowest BCUT2D eigenvalue weighted by atomic mass is 10.2. The summed E-state index contributed by atoms with van der Waals surface area (Å²) in [5, 5.41) is 0. The molecular weight excluding hydrogens is 342 g/mol. The molecule has 0 heterocycles. The van der Waals surface area contributed by atoms with Gasteiger partial charge in [-0.1, -0.05) is 42.5 Å². The number of likely N-dealkylation sites (N-methyl/N-ethyl adjacent to an activating group) is 1. The van der Waals surface area contributed by atoms with E-state index >= 15 is 0 Å². The van der Waals surface area contributed by atoms with Gasteiger partial charge in [0.25, 0.3) is 0 Å². The van der Waals surface area contributed by atoms with Crippen LogP contribution in [-0.2, 0) is 20.9 Å². The number of esters is 1. The fourth-order valence-electron chi connectivity index (χ4n) is 2.44. The van der Waals surface area contributed by atoms with Gasteiger partial charge in [-0.15, -0.1) is 0 Å². The summed E-state index contributed by atoms with van der Waals surface area (Å²) in [5.74, 6) is 0.317. The molecule has 27 heavy (non-hydrogen) atoms. The van der Waals surface area contributed by atoms with Gasteiger partial charge in [0.2, 0.25) is 5.91 Å². The van der Waals surface area contributed by atoms with Crippen molar-refractivity contribution < 1.29 is 19.1 Å². The molecule has 2 aromatic carbocycles. The van der Waals surface area contributed by atoms with Gasteiger partial charge < -0.3 is 14.4 Å². The normalized spacial score (nSPS) is 10.6. The van der Waals surface area contributed by atoms with E-state index in [2.05, 4.69) is 4.74 Å². The largest absolute Gasteiger partial charge is 0.489 e. The van der Waals surface area contributed by atoms with Crippen LogP contribution in [0.15, 0.2) is 60.7 Å². The van der Waals surface area contributed by atoms with Crippen LogP contribution in [0.25, 0.3) is 6.08 Å². The number of carbonyl (C=O) groups is 2. The third-order valence-corrected chi connectivity index (χ3v) is 4.05. The predicted octanol–water partition coefficient (Wildman–Crippen LogP) is 3.69. The van der Waals surface area contributed by atoms with E-state index in [9.17, 15) is 9.59 Å². The minimum absolute atomic E-state index is 0.134. The van der Waals surface area contributed by atoms with Crippen molar-refractivity contribution >= 4 is 18.0 Å². The van der Waals surface area contributed by atoms with Gasteiger partial charge in [-0.25, -0.2) is 0 Å². The Bertz CT molecular complexity index is 754. The van der Waals surface area contributed by atoms with Gasteiger partial charge in [-0.05, 0) is 36.3 Å². The van der Waals surface area contributed by atoms with Gasteiger partial charge in [0, 0.05) is 19.2 Å². The van der Waals surface area contributed by atoms with Crippen molar-refractivity contribution in [3.63, 3.8) is 0 Å². The minimum Gasteiger partial charge on any atom is -0.489 e. The fourth-order valence-corrected chi connectivity index (χ4v) is 2.44. The second-order valence-corrected chi connectivity index (χ2v) is 5.92. The minimum atomic E-state index is -0.323. The van der Waals surface area contributed by atoms with E-state index in [0.29, 0.717) is 19.7 Å². The molecule has 142 valence electrons. The maximum Gasteiger partial charge on any atom is 0.307 e. The van der Waals surface area contributed by atoms with Gasteiger partial charge in [-0.2, -0.15) is 0 Å². The molecule has 0 spiro atoms. The van der Waals surface area contributed by atoms with E-state index in [1.807, 2.05) is 61.5 Å². The van der Waals surface area contributed by atoms with Crippen molar-refractivity contribution in [3.8, 4) is 5.75 Å². The Balaban J connectivity index is 1.86. The Kier molecular flexibility index (Phi) is 8.10. The highest BCUT2D eigenvalue weighted by atomic mass is 16.5. The topological polar surface area (TPSA) is 55.8 Å². The molecule has 0 fully saturated rings. The lowest BCUT2D eigenvalue weighted by Crippen LogP contribution is -2.31. The molecule has 0 aromatic heterocycles. The van der Waals surface area contributed by atoms with E-state index in [-0.39, 0.29) is 18.3 Å². The van der Waals surface area contributed by atoms with Crippen LogP contribution in [0.5, 0.6) is 5.75 Å². The number of ether oxygens (including phenoxy) is 2. The fraction of sp³-hybridized carbons (Fsp3) is 0.273. The smallest absolute Gasteiger partial charge is 0.307 e. The average Bonchev–Trinajstić information content (AvgIpc) is 2.72. The van der Waals surface area contributed by atoms with E-state index in [1.165, 1.54) is 13.2 Å². The zero-order valence-electron chi connectivity index (χ0n) is 15.8. The highest BCUT2D eigenvalue weighted by Gasteiger charge is 2.10. The second-order valence-electron chi connectivity index (χ2n) is 5.92. The van der Waals surface area contributed by atoms with Gasteiger partial charge in [0.15, 0.2) is 0 Å². The summed E-state index contributed by atoms with van der Waals surface area (Å²) in [6, 6.07) is 17.5. The van der Waals surface area contributed by atoms with Crippen LogP contribution < -0.4 is 4.74 Å². The number of amides is 1. The molecular formula is C22H25NO4. The highest BCUT2D eigenvalue weighted by molar-refractivity contribution is 5.92. The van der Waals surface area contributed by atoms with Crippen molar-refractivity contribution in [2.45, 2.75) is 20.0 Å². The first-order chi connectivity index (χ1) is 13.1. The molecule has 0 radical (unpaired) electrons. The molecule has 2 rings (SSSR count). The molecule has 0 aliphatic rings. The van der Waals surface area contributed by atoms with E-state index in [0.717, 1.165) is 16.9 Å². The van der Waals surface area contributed by atoms with E-state index in [1.54, 1.807) is 11.0 Å². The molecule has 0 N–H and O–H groups in total. The van der Waals surface area contributed by atoms with Gasteiger partial charge >= 0.3 is 5.97 Å². The molecule has 0 unspecified atom stereocenters. The Morgan fingerprint density at radius 3 is 2.37 bits per heavy atom. The summed E-state index contributed by atoms with van der Waals surface area (Å²) in [7, 11) is 1.34. The summed E-state index contributed by atoms with van der Waals surface area (Å²) in [5.41, 5.74) is 2.01. The quantitative estimate of drug-likeness (QED) is 0.501. The zero-order chi connectivity index (χ0) is 19.5. The summed E-state index contributed by atoms with van der Waals surface area (Å²) >= 11 is 0. The first-order valence-electron chi connectivity index (χ1n) is 8.93. The Morgan fingerprint density at radius 1 is 1.04 bits per heavy atom. The van der Waals surface area contributed by atoms with Crippen molar-refractivity contribution in [1.82, 2.24) is 4.90 Å². The van der Waals surface area contributed by atoms with Gasteiger partial charge in [0.1, 0.15) is 12.4 Å². The van der Waals surface area contributed by atoms with Crippen LogP contribution in [0, 0.1) is 0 Å². The number of rotatable bonds is 9. The maximum absolute atomic E-state index is 12.2. The zero-order valence-corrected chi connectivity index (χ0v) is 15.8. The third kappa shape index (κ3) is 6.98. The first kappa shape index (κ1) is 20.2. The van der Waals surface area contributed by atoms with Crippen LogP contribution in [0.2, 0.25) is 0 Å². The number of nitrogens with zero attached hydrogens (tertiary/aromatic N) is 1. The summed E-state index contributed by atoms with van der Waals surface area (Å²) in [6.07, 6.45) is 3.46. The standard InChI is InChI=1S/C22H25NO4/c1-3-23(16-15-22(25)26-2)21(24)14-11-18-9-12-20(13-10-18)27-17-19-7-5-4-6-8-19/h4-14H,3,15-17H2,1-2H3/b14-11+. The van der Waals surface area contributed by atoms with Gasteiger partial charge in [0.05, 0.1) is 13.5 Å². The lowest BCUT2D eigenvalue weighted by Gasteiger charge is -2.18. The number of hydrogen-bond donors (Lipinski definition) is 0. The van der Waals surface area contributed by atoms with E-state index < -0.39 is 0 Å². The Labute approximate surface area is 160 Å². The first-order valence-corrected chi connectivity index (χ1v) is 8.93. The Morgan fingerprint density at radius 2 is 1.74 bits per heavy atom. The van der Waals surface area contributed by atoms with Crippen LogP contribution in [-0.4, -0.2) is 37.0 Å². The molecule has 5 heteroatoms. The third-order valence-electron chi connectivity index (χ3n) is 4.05. The summed E-state index contributed by atoms with van der Waals surface area (Å²) in [6.45, 7) is 3.27. The summed E-state index contributed by atoms with van der Waals surface area (Å²) < 4.78 is 10.4. The molecule has 0 aliphatic heterocycles. The monoisotopic (exact) mass is 367 g/mol. The molecule has 0 atom stereocenters. The predicted molar refractivity (Wildman–Crippen MR) is 105 cm³/mol. The average molecular weight is 367 g/mol. The molecule has 5 nitrogen and oxygen atoms in total. The van der Waals surface area contributed by atoms with Crippen LogP contribution in [0.3, 0.4) is 0 Å². The van der Waals surface area contributed by atoms with Crippen molar-refractivity contribution in [2.24, 2.45) is 0 Å². The lowest BCUT2D eigenvalue weighted by molar-refractivity contribution is -0.141. The maximum atomic E-state index is 12.2. The number of carbonyl (C=O) groups excluding carboxylic acids is 2. The summed E-state index contributed by atoms with van der Waals surface area (Å²) in [4.78, 5) is 25.1. The van der Waals surface area contributed by atoms with Crippen LogP contribution in [0.1, 0.15) is 24.5 Å². The number of benzene rings is 2. The number of methoxy groups -OCH3 is 1. The molecule has 0 saturated heterocycles. The Hall–Kier alpha value is -3.08. The molecule has 2 aromatic rings. The highest BCUT2D eigenvalue weighted by Crippen LogP contribution is 2.15. The van der Waals surface area contributed by atoms with Crippen LogP contribution >= 0.6 is 0 Å².